The smallest absolute Gasteiger partial charge is 0.267 e. The van der Waals surface area contributed by atoms with Gasteiger partial charge in [-0.15, -0.1) is 0 Å². The molecule has 4 rings (SSSR count). The van der Waals surface area contributed by atoms with E-state index >= 15 is 0 Å². The number of aromatic amines is 1. The van der Waals surface area contributed by atoms with Gasteiger partial charge in [0, 0.05) is 23.8 Å². The highest BCUT2D eigenvalue weighted by atomic mass is 35.5. The number of nitrogens with one attached hydrogen (secondary N) is 4. The van der Waals surface area contributed by atoms with Crippen molar-refractivity contribution in [3.8, 4) is 0 Å². The highest BCUT2D eigenvalue weighted by Gasteiger charge is 2.30. The highest BCUT2D eigenvalue weighted by molar-refractivity contribution is 6.35. The minimum atomic E-state index is -0.561. The van der Waals surface area contributed by atoms with Crippen molar-refractivity contribution in [3.63, 3.8) is 0 Å². The summed E-state index contributed by atoms with van der Waals surface area (Å²) in [7, 11) is 0. The molecule has 0 aliphatic carbocycles. The lowest BCUT2D eigenvalue weighted by atomic mass is 10.1. The van der Waals surface area contributed by atoms with Gasteiger partial charge in [0.05, 0.1) is 16.8 Å². The predicted octanol–water partition coefficient (Wildman–Crippen LogP) is 4.21. The van der Waals surface area contributed by atoms with Crippen molar-refractivity contribution in [2.75, 3.05) is 36.8 Å². The fourth-order valence-electron chi connectivity index (χ4n) is 3.93. The second kappa shape index (κ2) is 10.9. The maximum Gasteiger partial charge on any atom is 0.267 e. The summed E-state index contributed by atoms with van der Waals surface area (Å²) in [5, 5.41) is 8.80. The Morgan fingerprint density at radius 1 is 1.22 bits per heavy atom. The molecular formula is C25H27ClFN7O2. The monoisotopic (exact) mass is 511 g/mol. The molecule has 0 bridgehead atoms. The lowest BCUT2D eigenvalue weighted by Crippen LogP contribution is -2.34. The van der Waals surface area contributed by atoms with Gasteiger partial charge in [-0.05, 0) is 55.9 Å². The molecule has 11 heteroatoms. The summed E-state index contributed by atoms with van der Waals surface area (Å²) >= 11 is 5.85. The Bertz CT molecular complexity index is 1330. The van der Waals surface area contributed by atoms with E-state index in [1.807, 2.05) is 6.92 Å². The van der Waals surface area contributed by atoms with Gasteiger partial charge >= 0.3 is 0 Å². The van der Waals surface area contributed by atoms with Crippen LogP contribution in [-0.4, -0.2) is 57.8 Å². The van der Waals surface area contributed by atoms with Crippen LogP contribution in [-0.2, 0) is 4.79 Å². The number of hydrogen-bond acceptors (Lipinski definition) is 6. The van der Waals surface area contributed by atoms with Crippen LogP contribution in [0.25, 0.3) is 11.6 Å². The number of nitrogens with zero attached hydrogens (tertiary/aromatic N) is 3. The van der Waals surface area contributed by atoms with E-state index < -0.39 is 5.82 Å². The summed E-state index contributed by atoms with van der Waals surface area (Å²) < 4.78 is 14.4. The average molecular weight is 512 g/mol. The quantitative estimate of drug-likeness (QED) is 0.320. The van der Waals surface area contributed by atoms with Crippen LogP contribution in [0.1, 0.15) is 41.2 Å². The lowest BCUT2D eigenvalue weighted by molar-refractivity contribution is -0.110. The molecule has 0 fully saturated rings. The minimum Gasteiger partial charge on any atom is -0.351 e. The van der Waals surface area contributed by atoms with Gasteiger partial charge in [-0.1, -0.05) is 25.4 Å². The zero-order chi connectivity index (χ0) is 25.8. The van der Waals surface area contributed by atoms with Crippen LogP contribution >= 0.6 is 11.6 Å². The number of benzene rings is 1. The van der Waals surface area contributed by atoms with Crippen LogP contribution < -0.4 is 16.0 Å². The van der Waals surface area contributed by atoms with Crippen LogP contribution in [0.5, 0.6) is 0 Å². The Balaban J connectivity index is 1.59. The zero-order valence-electron chi connectivity index (χ0n) is 20.2. The first-order valence-corrected chi connectivity index (χ1v) is 12.0. The molecule has 0 saturated carbocycles. The Hall–Kier alpha value is -3.76. The highest BCUT2D eigenvalue weighted by Crippen LogP contribution is 2.37. The van der Waals surface area contributed by atoms with Crippen molar-refractivity contribution in [1.29, 1.82) is 0 Å². The van der Waals surface area contributed by atoms with Crippen LogP contribution in [0, 0.1) is 12.7 Å². The van der Waals surface area contributed by atoms with Crippen molar-refractivity contribution in [2.45, 2.75) is 20.8 Å². The van der Waals surface area contributed by atoms with Crippen molar-refractivity contribution in [1.82, 2.24) is 25.2 Å². The number of fused-ring (bicyclic) bond motifs is 1. The van der Waals surface area contributed by atoms with Crippen LogP contribution in [0.4, 0.5) is 21.7 Å². The molecule has 0 radical (unpaired) electrons. The first-order chi connectivity index (χ1) is 17.3. The summed E-state index contributed by atoms with van der Waals surface area (Å²) in [6.45, 7) is 9.12. The van der Waals surface area contributed by atoms with Gasteiger partial charge in [-0.2, -0.15) is 0 Å². The van der Waals surface area contributed by atoms with E-state index in [9.17, 15) is 14.0 Å². The number of aryl methyl sites for hydroxylation is 1. The van der Waals surface area contributed by atoms with Crippen LogP contribution in [0.15, 0.2) is 30.6 Å². The van der Waals surface area contributed by atoms with E-state index in [1.165, 1.54) is 18.5 Å². The third-order valence-electron chi connectivity index (χ3n) is 5.97. The predicted molar refractivity (Wildman–Crippen MR) is 139 cm³/mol. The minimum absolute atomic E-state index is 0.152. The number of aromatic nitrogens is 3. The Morgan fingerprint density at radius 2 is 2.00 bits per heavy atom. The fraction of sp³-hybridized carbons (Fsp3) is 0.280. The van der Waals surface area contributed by atoms with E-state index in [0.29, 0.717) is 29.3 Å². The molecule has 1 aliphatic heterocycles. The zero-order valence-corrected chi connectivity index (χ0v) is 21.0. The molecular weight excluding hydrogens is 485 g/mol. The maximum atomic E-state index is 14.4. The molecule has 2 amide bonds. The number of hydrogen-bond donors (Lipinski definition) is 4. The number of amides is 2. The van der Waals surface area contributed by atoms with Crippen molar-refractivity contribution in [3.05, 3.63) is 63.9 Å². The van der Waals surface area contributed by atoms with E-state index in [4.69, 9.17) is 11.6 Å². The van der Waals surface area contributed by atoms with Crippen LogP contribution in [0.3, 0.4) is 0 Å². The molecule has 0 spiro atoms. The number of H-pyrrole nitrogens is 1. The molecule has 2 aromatic heterocycles. The third-order valence-corrected chi connectivity index (χ3v) is 6.21. The fourth-order valence-corrected chi connectivity index (χ4v) is 4.09. The van der Waals surface area contributed by atoms with Gasteiger partial charge < -0.3 is 25.8 Å². The molecule has 3 aromatic rings. The molecule has 0 saturated heterocycles. The van der Waals surface area contributed by atoms with Gasteiger partial charge in [-0.25, -0.2) is 14.4 Å². The summed E-state index contributed by atoms with van der Waals surface area (Å²) in [5.74, 6) is -0.616. The van der Waals surface area contributed by atoms with Gasteiger partial charge in [0.25, 0.3) is 11.8 Å². The molecule has 4 N–H and O–H groups in total. The summed E-state index contributed by atoms with van der Waals surface area (Å²) in [6.07, 6.45) is 2.91. The molecule has 0 unspecified atom stereocenters. The Morgan fingerprint density at radius 3 is 2.72 bits per heavy atom. The van der Waals surface area contributed by atoms with Gasteiger partial charge in [0.1, 0.15) is 29.5 Å². The standard InChI is InChI=1S/C25H27ClFN7O2/c1-4-34(5-2)9-8-28-25(36)20-10-14(3)19(31-20)12-16-21-22(29-13-30-23(21)33-24(16)35)32-18-7-6-15(26)11-17(18)27/h6-7,10-13,31H,4-5,8-9H2,1-3H3,(H,28,36)(H2,29,30,32,33,35)/b16-12-. The normalized spacial score (nSPS) is 13.7. The second-order valence-corrected chi connectivity index (χ2v) is 8.71. The average Bonchev–Trinajstić information content (AvgIpc) is 3.38. The van der Waals surface area contributed by atoms with E-state index in [2.05, 4.69) is 49.6 Å². The van der Waals surface area contributed by atoms with E-state index in [-0.39, 0.29) is 33.9 Å². The largest absolute Gasteiger partial charge is 0.351 e. The van der Waals surface area contributed by atoms with Crippen molar-refractivity contribution >= 4 is 52.4 Å². The summed E-state index contributed by atoms with van der Waals surface area (Å²) in [4.78, 5) is 39.1. The van der Waals surface area contributed by atoms with Gasteiger partial charge in [0.15, 0.2) is 0 Å². The Kier molecular flexibility index (Phi) is 7.66. The maximum absolute atomic E-state index is 14.4. The van der Waals surface area contributed by atoms with Crippen LogP contribution in [0.2, 0.25) is 5.02 Å². The number of carbonyl (C=O) groups is 2. The van der Waals surface area contributed by atoms with Gasteiger partial charge in [0.2, 0.25) is 0 Å². The number of halogens is 2. The summed E-state index contributed by atoms with van der Waals surface area (Å²) in [6, 6.07) is 5.95. The summed E-state index contributed by atoms with van der Waals surface area (Å²) in [5.41, 5.74) is 2.60. The first kappa shape index (κ1) is 25.3. The lowest BCUT2D eigenvalue weighted by Gasteiger charge is -2.17. The first-order valence-electron chi connectivity index (χ1n) is 11.6. The number of likely N-dealkylation sites (N-methyl/N-ethyl adjacent to an activating group) is 1. The van der Waals surface area contributed by atoms with Gasteiger partial charge in [-0.3, -0.25) is 9.59 Å². The molecule has 1 aromatic carbocycles. The molecule has 188 valence electrons. The number of anilines is 3. The molecule has 9 nitrogen and oxygen atoms in total. The van der Waals surface area contributed by atoms with E-state index in [0.717, 1.165) is 25.2 Å². The topological polar surface area (TPSA) is 115 Å². The molecule has 1 aliphatic rings. The van der Waals surface area contributed by atoms with E-state index in [1.54, 1.807) is 18.2 Å². The number of carbonyl (C=O) groups excluding carboxylic acids is 2. The third kappa shape index (κ3) is 5.39. The SMILES string of the molecule is CCN(CC)CCNC(=O)c1cc(C)c(/C=C2\C(=O)Nc3ncnc(Nc4ccc(Cl)cc4F)c32)[nH]1. The molecule has 3 heterocycles. The van der Waals surface area contributed by atoms with Crippen molar-refractivity contribution in [2.24, 2.45) is 0 Å². The Labute approximate surface area is 213 Å². The second-order valence-electron chi connectivity index (χ2n) is 8.27. The van der Waals surface area contributed by atoms with Crippen molar-refractivity contribution < 1.29 is 14.0 Å². The molecule has 36 heavy (non-hydrogen) atoms. The molecule has 0 atom stereocenters. The number of rotatable bonds is 9.